The molecule has 2 heterocycles. The summed E-state index contributed by atoms with van der Waals surface area (Å²) in [6, 6.07) is 7.45. The van der Waals surface area contributed by atoms with Gasteiger partial charge in [0.2, 0.25) is 0 Å². The van der Waals surface area contributed by atoms with E-state index in [2.05, 4.69) is 4.98 Å². The minimum Gasteiger partial charge on any atom is -0.497 e. The monoisotopic (exact) mass is 338 g/mol. The molecule has 0 aliphatic carbocycles. The first-order valence-corrected chi connectivity index (χ1v) is 7.83. The highest BCUT2D eigenvalue weighted by Gasteiger charge is 2.12. The Bertz CT molecular complexity index is 1010. The van der Waals surface area contributed by atoms with Gasteiger partial charge in [-0.1, -0.05) is 6.07 Å². The van der Waals surface area contributed by atoms with Gasteiger partial charge in [-0.3, -0.25) is 14.6 Å². The van der Waals surface area contributed by atoms with Crippen molar-refractivity contribution in [1.29, 1.82) is 0 Å². The molecule has 1 N–H and O–H groups in total. The van der Waals surface area contributed by atoms with E-state index in [1.807, 2.05) is 24.3 Å². The summed E-state index contributed by atoms with van der Waals surface area (Å²) in [5, 5.41) is 10.3. The molecule has 6 heteroatoms. The molecule has 0 atom stereocenters. The van der Waals surface area contributed by atoms with Crippen LogP contribution >= 0.6 is 0 Å². The SMILES string of the molecule is COc1cc(CCC(=O)O)cc(-c2cn(C)c(=O)c3cnccc23)c1. The van der Waals surface area contributed by atoms with E-state index < -0.39 is 5.97 Å². The number of carboxylic acid groups (broad SMARTS) is 1. The van der Waals surface area contributed by atoms with Crippen molar-refractivity contribution in [3.8, 4) is 16.9 Å². The molecular weight excluding hydrogens is 320 g/mol. The fourth-order valence-corrected chi connectivity index (χ4v) is 2.87. The van der Waals surface area contributed by atoms with Crippen LogP contribution in [0, 0.1) is 0 Å². The molecule has 1 aromatic carbocycles. The standard InChI is InChI=1S/C19H18N2O4/c1-21-11-17(15-5-6-20-10-16(15)19(21)24)13-7-12(3-4-18(22)23)8-14(9-13)25-2/h5-11H,3-4H2,1-2H3,(H,22,23). The minimum absolute atomic E-state index is 0.0462. The van der Waals surface area contributed by atoms with Crippen LogP contribution in [0.5, 0.6) is 5.75 Å². The van der Waals surface area contributed by atoms with Gasteiger partial charge in [-0.05, 0) is 41.1 Å². The van der Waals surface area contributed by atoms with Gasteiger partial charge in [0.05, 0.1) is 12.5 Å². The average Bonchev–Trinajstić information content (AvgIpc) is 2.62. The van der Waals surface area contributed by atoms with Gasteiger partial charge in [-0.2, -0.15) is 0 Å². The number of carbonyl (C=O) groups is 1. The highest BCUT2D eigenvalue weighted by atomic mass is 16.5. The first kappa shape index (κ1) is 16.7. The summed E-state index contributed by atoms with van der Waals surface area (Å²) in [4.78, 5) is 27.2. The van der Waals surface area contributed by atoms with Gasteiger partial charge in [0, 0.05) is 37.6 Å². The molecule has 6 nitrogen and oxygen atoms in total. The van der Waals surface area contributed by atoms with Crippen LogP contribution in [-0.4, -0.2) is 27.7 Å². The van der Waals surface area contributed by atoms with Crippen LogP contribution in [0.2, 0.25) is 0 Å². The van der Waals surface area contributed by atoms with Gasteiger partial charge in [0.1, 0.15) is 5.75 Å². The Morgan fingerprint density at radius 2 is 2.08 bits per heavy atom. The number of benzene rings is 1. The Labute approximate surface area is 144 Å². The minimum atomic E-state index is -0.844. The number of hydrogen-bond acceptors (Lipinski definition) is 4. The highest BCUT2D eigenvalue weighted by molar-refractivity contribution is 5.95. The van der Waals surface area contributed by atoms with Gasteiger partial charge >= 0.3 is 5.97 Å². The Morgan fingerprint density at radius 3 is 2.80 bits per heavy atom. The normalized spacial score (nSPS) is 10.8. The number of aryl methyl sites for hydroxylation is 2. The van der Waals surface area contributed by atoms with Crippen molar-refractivity contribution >= 4 is 16.7 Å². The first-order chi connectivity index (χ1) is 12.0. The van der Waals surface area contributed by atoms with E-state index in [-0.39, 0.29) is 12.0 Å². The highest BCUT2D eigenvalue weighted by Crippen LogP contribution is 2.30. The number of hydrogen-bond donors (Lipinski definition) is 1. The fourth-order valence-electron chi connectivity index (χ4n) is 2.87. The lowest BCUT2D eigenvalue weighted by molar-refractivity contribution is -0.136. The van der Waals surface area contributed by atoms with Crippen LogP contribution in [0.4, 0.5) is 0 Å². The van der Waals surface area contributed by atoms with Crippen molar-refractivity contribution in [1.82, 2.24) is 9.55 Å². The lowest BCUT2D eigenvalue weighted by Crippen LogP contribution is -2.16. The van der Waals surface area contributed by atoms with E-state index in [4.69, 9.17) is 9.84 Å². The summed E-state index contributed by atoms with van der Waals surface area (Å²) < 4.78 is 6.89. The van der Waals surface area contributed by atoms with E-state index in [0.717, 1.165) is 22.1 Å². The van der Waals surface area contributed by atoms with Crippen LogP contribution in [0.15, 0.2) is 47.7 Å². The van der Waals surface area contributed by atoms with E-state index >= 15 is 0 Å². The molecule has 0 aliphatic heterocycles. The Balaban J connectivity index is 2.20. The van der Waals surface area contributed by atoms with E-state index in [1.54, 1.807) is 32.7 Å². The molecule has 0 bridgehead atoms. The zero-order chi connectivity index (χ0) is 18.0. The van der Waals surface area contributed by atoms with Gasteiger partial charge in [-0.15, -0.1) is 0 Å². The third-order valence-electron chi connectivity index (χ3n) is 4.13. The molecule has 0 aliphatic rings. The number of ether oxygens (including phenoxy) is 1. The summed E-state index contributed by atoms with van der Waals surface area (Å²) in [7, 11) is 3.27. The molecule has 0 fully saturated rings. The largest absolute Gasteiger partial charge is 0.497 e. The van der Waals surface area contributed by atoms with Crippen LogP contribution < -0.4 is 10.3 Å². The molecule has 0 radical (unpaired) electrons. The maximum absolute atomic E-state index is 12.3. The predicted octanol–water partition coefficient (Wildman–Crippen LogP) is 2.63. The topological polar surface area (TPSA) is 81.4 Å². The summed E-state index contributed by atoms with van der Waals surface area (Å²) in [6.45, 7) is 0. The molecule has 3 aromatic rings. The second-order valence-electron chi connectivity index (χ2n) is 5.84. The van der Waals surface area contributed by atoms with E-state index in [1.165, 1.54) is 4.57 Å². The number of rotatable bonds is 5. The molecule has 0 saturated heterocycles. The molecule has 0 amide bonds. The van der Waals surface area contributed by atoms with Gasteiger partial charge < -0.3 is 14.4 Å². The van der Waals surface area contributed by atoms with Crippen molar-refractivity contribution in [2.45, 2.75) is 12.8 Å². The van der Waals surface area contributed by atoms with Crippen molar-refractivity contribution in [3.05, 3.63) is 58.8 Å². The van der Waals surface area contributed by atoms with Crippen molar-refractivity contribution in [2.75, 3.05) is 7.11 Å². The third kappa shape index (κ3) is 3.38. The lowest BCUT2D eigenvalue weighted by atomic mass is 9.98. The Kier molecular flexibility index (Phi) is 4.52. The number of methoxy groups -OCH3 is 1. The van der Waals surface area contributed by atoms with Gasteiger partial charge in [0.25, 0.3) is 5.56 Å². The number of pyridine rings is 2. The maximum atomic E-state index is 12.3. The van der Waals surface area contributed by atoms with E-state index in [9.17, 15) is 9.59 Å². The quantitative estimate of drug-likeness (QED) is 0.773. The number of fused-ring (bicyclic) bond motifs is 1. The van der Waals surface area contributed by atoms with Crippen LogP contribution in [-0.2, 0) is 18.3 Å². The second-order valence-corrected chi connectivity index (χ2v) is 5.84. The number of carboxylic acids is 1. The van der Waals surface area contributed by atoms with Crippen LogP contribution in [0.25, 0.3) is 21.9 Å². The number of aromatic nitrogens is 2. The summed E-state index contributed by atoms with van der Waals surface area (Å²) >= 11 is 0. The first-order valence-electron chi connectivity index (χ1n) is 7.83. The van der Waals surface area contributed by atoms with Crippen LogP contribution in [0.3, 0.4) is 0 Å². The molecule has 0 spiro atoms. The molecule has 0 unspecified atom stereocenters. The van der Waals surface area contributed by atoms with E-state index in [0.29, 0.717) is 17.6 Å². The van der Waals surface area contributed by atoms with Crippen molar-refractivity contribution in [3.63, 3.8) is 0 Å². The fraction of sp³-hybridized carbons (Fsp3) is 0.211. The Morgan fingerprint density at radius 1 is 1.28 bits per heavy atom. The third-order valence-corrected chi connectivity index (χ3v) is 4.13. The Hall–Kier alpha value is -3.15. The summed E-state index contributed by atoms with van der Waals surface area (Å²) in [5.41, 5.74) is 2.50. The van der Waals surface area contributed by atoms with Gasteiger partial charge in [-0.25, -0.2) is 0 Å². The molecule has 2 aromatic heterocycles. The second kappa shape index (κ2) is 6.76. The molecule has 0 saturated carbocycles. The summed E-state index contributed by atoms with van der Waals surface area (Å²) in [6.07, 6.45) is 5.44. The number of aliphatic carboxylic acids is 1. The maximum Gasteiger partial charge on any atom is 0.303 e. The van der Waals surface area contributed by atoms with Crippen molar-refractivity contribution in [2.24, 2.45) is 7.05 Å². The number of nitrogens with zero attached hydrogens (tertiary/aromatic N) is 2. The average molecular weight is 338 g/mol. The zero-order valence-corrected chi connectivity index (χ0v) is 14.0. The smallest absolute Gasteiger partial charge is 0.303 e. The van der Waals surface area contributed by atoms with Gasteiger partial charge in [0.15, 0.2) is 0 Å². The zero-order valence-electron chi connectivity index (χ0n) is 14.0. The molecular formula is C19H18N2O4. The van der Waals surface area contributed by atoms with Crippen molar-refractivity contribution < 1.29 is 14.6 Å². The lowest BCUT2D eigenvalue weighted by Gasteiger charge is -2.12. The molecule has 128 valence electrons. The molecule has 3 rings (SSSR count). The predicted molar refractivity (Wildman–Crippen MR) is 94.9 cm³/mol. The summed E-state index contributed by atoms with van der Waals surface area (Å²) in [5.74, 6) is -0.197. The molecule has 25 heavy (non-hydrogen) atoms. The van der Waals surface area contributed by atoms with Crippen LogP contribution in [0.1, 0.15) is 12.0 Å².